The third kappa shape index (κ3) is 14.1. The molecule has 0 amide bonds. The SMILES string of the molecule is COC(=O)CCCCCCCCO[C@H]1O[C@H](CO[C@@H]2O[C@H](CO[Si](c3ccccc3)(c3ccccc3)C(C)(C)C)[C@@H](OCc3ccccc3)[C@@H]2O)[C@@H](OCc2ccccc2)[C@@H]1OC(=O)c1ccccc1. The van der Waals surface area contributed by atoms with E-state index in [1.165, 1.54) is 7.11 Å². The smallest absolute Gasteiger partial charge is 0.338 e. The van der Waals surface area contributed by atoms with Crippen molar-refractivity contribution >= 4 is 30.6 Å². The molecule has 5 aromatic carbocycles. The average Bonchev–Trinajstić information content (AvgIpc) is 3.88. The molecule has 70 heavy (non-hydrogen) atoms. The summed E-state index contributed by atoms with van der Waals surface area (Å²) in [6.45, 7) is 7.46. The minimum Gasteiger partial charge on any atom is -0.469 e. The molecular weight excluding hydrogens is 905 g/mol. The molecule has 2 saturated heterocycles. The van der Waals surface area contributed by atoms with E-state index < -0.39 is 63.5 Å². The Bertz CT molecular complexity index is 2240. The summed E-state index contributed by atoms with van der Waals surface area (Å²) in [4.78, 5) is 25.2. The van der Waals surface area contributed by atoms with Gasteiger partial charge in [-0.1, -0.05) is 186 Å². The van der Waals surface area contributed by atoms with Gasteiger partial charge in [-0.2, -0.15) is 0 Å². The Morgan fingerprint density at radius 1 is 0.557 bits per heavy atom. The zero-order valence-electron chi connectivity index (χ0n) is 41.0. The van der Waals surface area contributed by atoms with E-state index in [9.17, 15) is 14.7 Å². The number of ether oxygens (including phenoxy) is 8. The Balaban J connectivity index is 1.10. The summed E-state index contributed by atoms with van der Waals surface area (Å²) < 4.78 is 57.7. The summed E-state index contributed by atoms with van der Waals surface area (Å²) >= 11 is 0. The number of carbonyl (C=O) groups is 2. The second-order valence-corrected chi connectivity index (χ2v) is 23.3. The van der Waals surface area contributed by atoms with E-state index in [4.69, 9.17) is 42.3 Å². The van der Waals surface area contributed by atoms with Crippen molar-refractivity contribution in [2.75, 3.05) is 26.9 Å². The second kappa shape index (κ2) is 26.4. The highest BCUT2D eigenvalue weighted by Gasteiger charge is 2.54. The van der Waals surface area contributed by atoms with Crippen LogP contribution in [0.15, 0.2) is 152 Å². The van der Waals surface area contributed by atoms with E-state index in [1.54, 1.807) is 24.3 Å². The molecule has 5 aromatic rings. The van der Waals surface area contributed by atoms with Gasteiger partial charge in [-0.15, -0.1) is 0 Å². The van der Waals surface area contributed by atoms with Gasteiger partial charge in [0.05, 0.1) is 39.1 Å². The zero-order chi connectivity index (χ0) is 49.2. The standard InChI is InChI=1S/C57H70O12Si/c1-57(2,3)70(45-32-20-12-21-33-45,46-34-22-13-23-35-46)66-41-48-51(63-38-42-26-14-9-15-27-42)50(59)55(67-48)65-40-47-52(64-39-43-28-16-10-17-29-43)53(69-54(60)44-30-18-11-19-31-44)56(68-47)62-37-25-8-6-5-7-24-36-49(58)61-4/h9-23,26-35,47-48,50-53,55-56,59H,5-8,24-25,36-41H2,1-4H3/t47-,48-,50+,51-,52-,53+,55-,56+/m1/s1. The lowest BCUT2D eigenvalue weighted by atomic mass is 10.1. The molecule has 7 rings (SSSR count). The summed E-state index contributed by atoms with van der Waals surface area (Å²) in [6, 6.07) is 49.1. The molecule has 2 aliphatic rings. The first kappa shape index (κ1) is 52.8. The maximum atomic E-state index is 13.7. The molecule has 2 heterocycles. The molecule has 8 atom stereocenters. The first-order valence-electron chi connectivity index (χ1n) is 24.7. The Hall–Kier alpha value is -5.06. The number of benzene rings is 5. The van der Waals surface area contributed by atoms with Crippen LogP contribution < -0.4 is 10.4 Å². The van der Waals surface area contributed by atoms with Crippen LogP contribution in [-0.4, -0.2) is 101 Å². The van der Waals surface area contributed by atoms with Crippen molar-refractivity contribution in [3.63, 3.8) is 0 Å². The summed E-state index contributed by atoms with van der Waals surface area (Å²) in [5.41, 5.74) is 2.24. The summed E-state index contributed by atoms with van der Waals surface area (Å²) in [6.07, 6.45) is -1.68. The van der Waals surface area contributed by atoms with Crippen molar-refractivity contribution in [1.82, 2.24) is 0 Å². The van der Waals surface area contributed by atoms with Crippen molar-refractivity contribution in [3.8, 4) is 0 Å². The highest BCUT2D eigenvalue weighted by Crippen LogP contribution is 2.38. The van der Waals surface area contributed by atoms with E-state index in [1.807, 2.05) is 103 Å². The van der Waals surface area contributed by atoms with Gasteiger partial charge in [0.2, 0.25) is 0 Å². The second-order valence-electron chi connectivity index (χ2n) is 19.0. The van der Waals surface area contributed by atoms with Crippen LogP contribution in [-0.2, 0) is 60.3 Å². The van der Waals surface area contributed by atoms with Crippen LogP contribution in [0.4, 0.5) is 0 Å². The van der Waals surface area contributed by atoms with Crippen LogP contribution in [0, 0.1) is 0 Å². The van der Waals surface area contributed by atoms with Gasteiger partial charge in [-0.05, 0) is 51.5 Å². The van der Waals surface area contributed by atoms with Crippen LogP contribution in [0.25, 0.3) is 0 Å². The molecule has 2 aliphatic heterocycles. The van der Waals surface area contributed by atoms with Gasteiger partial charge in [-0.3, -0.25) is 4.79 Å². The van der Waals surface area contributed by atoms with Gasteiger partial charge in [0.1, 0.15) is 30.5 Å². The average molecular weight is 975 g/mol. The van der Waals surface area contributed by atoms with Crippen molar-refractivity contribution < 1.29 is 57.0 Å². The number of carbonyl (C=O) groups excluding carboxylic acids is 2. The summed E-state index contributed by atoms with van der Waals surface area (Å²) in [5.74, 6) is -0.728. The molecule has 0 aromatic heterocycles. The number of hydrogen-bond acceptors (Lipinski definition) is 12. The maximum absolute atomic E-state index is 13.7. The van der Waals surface area contributed by atoms with Gasteiger partial charge < -0.3 is 47.4 Å². The molecule has 0 aliphatic carbocycles. The number of methoxy groups -OCH3 is 1. The third-order valence-corrected chi connectivity index (χ3v) is 18.0. The molecule has 2 fully saturated rings. The molecular formula is C57H70O12Si. The molecule has 0 saturated carbocycles. The third-order valence-electron chi connectivity index (χ3n) is 13.0. The fourth-order valence-electron chi connectivity index (χ4n) is 9.31. The van der Waals surface area contributed by atoms with E-state index in [2.05, 4.69) is 45.0 Å². The summed E-state index contributed by atoms with van der Waals surface area (Å²) in [7, 11) is -1.60. The van der Waals surface area contributed by atoms with Crippen LogP contribution in [0.5, 0.6) is 0 Å². The van der Waals surface area contributed by atoms with Crippen LogP contribution in [0.2, 0.25) is 5.04 Å². The highest BCUT2D eigenvalue weighted by molar-refractivity contribution is 6.99. The number of hydrogen-bond donors (Lipinski definition) is 1. The van der Waals surface area contributed by atoms with Gasteiger partial charge in [0.25, 0.3) is 8.32 Å². The number of unbranched alkanes of at least 4 members (excludes halogenated alkanes) is 5. The highest BCUT2D eigenvalue weighted by atomic mass is 28.4. The van der Waals surface area contributed by atoms with E-state index >= 15 is 0 Å². The largest absolute Gasteiger partial charge is 0.469 e. The lowest BCUT2D eigenvalue weighted by Crippen LogP contribution is -2.67. The first-order valence-corrected chi connectivity index (χ1v) is 26.6. The van der Waals surface area contributed by atoms with E-state index in [0.717, 1.165) is 60.0 Å². The van der Waals surface area contributed by atoms with Crippen molar-refractivity contribution in [2.45, 2.75) is 133 Å². The fraction of sp³-hybridized carbons (Fsp3) is 0.439. The molecule has 0 bridgehead atoms. The topological polar surface area (TPSA) is 137 Å². The predicted octanol–water partition coefficient (Wildman–Crippen LogP) is 8.71. The molecule has 0 spiro atoms. The lowest BCUT2D eigenvalue weighted by molar-refractivity contribution is -0.206. The van der Waals surface area contributed by atoms with Crippen LogP contribution in [0.3, 0.4) is 0 Å². The lowest BCUT2D eigenvalue weighted by Gasteiger charge is -2.43. The van der Waals surface area contributed by atoms with Crippen molar-refractivity contribution in [2.24, 2.45) is 0 Å². The quantitative estimate of drug-likeness (QED) is 0.0323. The maximum Gasteiger partial charge on any atom is 0.338 e. The fourth-order valence-corrected chi connectivity index (χ4v) is 13.9. The van der Waals surface area contributed by atoms with Gasteiger partial charge in [-0.25, -0.2) is 4.79 Å². The minimum absolute atomic E-state index is 0.0975. The summed E-state index contributed by atoms with van der Waals surface area (Å²) in [5, 5.41) is 14.1. The molecule has 374 valence electrons. The van der Waals surface area contributed by atoms with E-state index in [-0.39, 0.29) is 37.4 Å². The van der Waals surface area contributed by atoms with Crippen LogP contribution in [0.1, 0.15) is 87.2 Å². The predicted molar refractivity (Wildman–Crippen MR) is 269 cm³/mol. The van der Waals surface area contributed by atoms with Crippen molar-refractivity contribution in [1.29, 1.82) is 0 Å². The normalized spacial score (nSPS) is 22.5. The molecule has 0 unspecified atom stereocenters. The minimum atomic E-state index is -3.01. The molecule has 12 nitrogen and oxygen atoms in total. The number of aliphatic hydroxyl groups excluding tert-OH is 1. The van der Waals surface area contributed by atoms with Gasteiger partial charge >= 0.3 is 11.9 Å². The Labute approximate surface area is 414 Å². The number of rotatable bonds is 26. The molecule has 0 radical (unpaired) electrons. The molecule has 13 heteroatoms. The Morgan fingerprint density at radius 3 is 1.60 bits per heavy atom. The number of aliphatic hydroxyl groups is 1. The van der Waals surface area contributed by atoms with Gasteiger partial charge in [0.15, 0.2) is 18.7 Å². The first-order chi connectivity index (χ1) is 34.1. The Morgan fingerprint density at radius 2 is 1.04 bits per heavy atom. The van der Waals surface area contributed by atoms with E-state index in [0.29, 0.717) is 18.6 Å². The zero-order valence-corrected chi connectivity index (χ0v) is 42.0. The van der Waals surface area contributed by atoms with Crippen molar-refractivity contribution in [3.05, 3.63) is 168 Å². The molecule has 1 N–H and O–H groups in total. The monoisotopic (exact) mass is 974 g/mol. The van der Waals surface area contributed by atoms with Gasteiger partial charge in [0, 0.05) is 13.0 Å². The Kier molecular flexibility index (Phi) is 19.9. The number of esters is 2. The van der Waals surface area contributed by atoms with Crippen LogP contribution >= 0.6 is 0 Å².